The maximum absolute atomic E-state index is 12.6. The predicted octanol–water partition coefficient (Wildman–Crippen LogP) is 2.92. The smallest absolute Gasteiger partial charge is 0.298 e. The van der Waals surface area contributed by atoms with Crippen molar-refractivity contribution >= 4 is 6.29 Å². The molecule has 0 radical (unpaired) electrons. The quantitative estimate of drug-likeness (QED) is 0.772. The lowest BCUT2D eigenvalue weighted by molar-refractivity contribution is -0.137. The summed E-state index contributed by atoms with van der Waals surface area (Å²) in [7, 11) is 1.60. The Hall–Kier alpha value is -2.11. The van der Waals surface area contributed by atoms with Gasteiger partial charge in [-0.3, -0.25) is 9.48 Å². The van der Waals surface area contributed by atoms with E-state index >= 15 is 0 Å². The Bertz CT molecular complexity index is 587. The Balaban J connectivity index is 2.54. The molecule has 94 valence electrons. The Morgan fingerprint density at radius 3 is 2.67 bits per heavy atom. The van der Waals surface area contributed by atoms with E-state index in [0.717, 1.165) is 12.1 Å². The largest absolute Gasteiger partial charge is 0.416 e. The fraction of sp³-hybridized carbons (Fsp3) is 0.167. The van der Waals surface area contributed by atoms with Crippen molar-refractivity contribution in [3.8, 4) is 11.3 Å². The molecule has 0 unspecified atom stereocenters. The molecule has 1 aromatic carbocycles. The second kappa shape index (κ2) is 4.29. The number of alkyl halides is 3. The topological polar surface area (TPSA) is 34.9 Å². The molecule has 0 amide bonds. The summed E-state index contributed by atoms with van der Waals surface area (Å²) in [6, 6.07) is 4.74. The third-order valence-corrected chi connectivity index (χ3v) is 2.45. The number of aromatic nitrogens is 2. The fourth-order valence-corrected chi connectivity index (χ4v) is 1.66. The van der Waals surface area contributed by atoms with Crippen LogP contribution in [0.25, 0.3) is 11.3 Å². The number of halogens is 3. The van der Waals surface area contributed by atoms with Crippen molar-refractivity contribution in [2.75, 3.05) is 0 Å². The summed E-state index contributed by atoms with van der Waals surface area (Å²) in [5.74, 6) is 0. The van der Waals surface area contributed by atoms with Gasteiger partial charge < -0.3 is 0 Å². The second-order valence-electron chi connectivity index (χ2n) is 3.80. The van der Waals surface area contributed by atoms with Gasteiger partial charge >= 0.3 is 6.18 Å². The number of aldehydes is 1. The molecule has 0 saturated heterocycles. The van der Waals surface area contributed by atoms with Crippen molar-refractivity contribution in [3.05, 3.63) is 41.6 Å². The van der Waals surface area contributed by atoms with Gasteiger partial charge in [-0.1, -0.05) is 12.1 Å². The van der Waals surface area contributed by atoms with E-state index in [0.29, 0.717) is 6.29 Å². The molecule has 3 nitrogen and oxygen atoms in total. The first-order valence-electron chi connectivity index (χ1n) is 5.08. The first kappa shape index (κ1) is 12.3. The molecule has 0 aliphatic rings. The van der Waals surface area contributed by atoms with E-state index in [1.54, 1.807) is 7.05 Å². The van der Waals surface area contributed by atoms with Crippen molar-refractivity contribution < 1.29 is 18.0 Å². The Morgan fingerprint density at radius 2 is 2.06 bits per heavy atom. The molecule has 1 heterocycles. The Kier molecular flexibility index (Phi) is 2.94. The number of carbonyl (C=O) groups is 1. The van der Waals surface area contributed by atoms with E-state index in [1.165, 1.54) is 23.0 Å². The summed E-state index contributed by atoms with van der Waals surface area (Å²) in [5, 5.41) is 3.99. The predicted molar refractivity (Wildman–Crippen MR) is 59.0 cm³/mol. The van der Waals surface area contributed by atoms with Gasteiger partial charge in [-0.25, -0.2) is 0 Å². The van der Waals surface area contributed by atoms with E-state index in [2.05, 4.69) is 5.10 Å². The minimum absolute atomic E-state index is 0.249. The highest BCUT2D eigenvalue weighted by Crippen LogP contribution is 2.32. The van der Waals surface area contributed by atoms with Crippen molar-refractivity contribution in [1.29, 1.82) is 0 Å². The third-order valence-electron chi connectivity index (χ3n) is 2.45. The van der Waals surface area contributed by atoms with Gasteiger partial charge in [0.25, 0.3) is 0 Å². The lowest BCUT2D eigenvalue weighted by Gasteiger charge is -2.07. The highest BCUT2D eigenvalue weighted by Gasteiger charge is 2.30. The maximum Gasteiger partial charge on any atom is 0.416 e. The summed E-state index contributed by atoms with van der Waals surface area (Å²) in [6.07, 6.45) is -2.38. The van der Waals surface area contributed by atoms with Gasteiger partial charge in [0.15, 0.2) is 6.29 Å². The van der Waals surface area contributed by atoms with Crippen LogP contribution in [-0.2, 0) is 13.2 Å². The molecule has 0 N–H and O–H groups in total. The summed E-state index contributed by atoms with van der Waals surface area (Å²) in [5.41, 5.74) is 0.0189. The molecule has 2 rings (SSSR count). The van der Waals surface area contributed by atoms with Gasteiger partial charge in [-0.05, 0) is 12.1 Å². The van der Waals surface area contributed by atoms with Crippen LogP contribution in [0.5, 0.6) is 0 Å². The molecular weight excluding hydrogens is 245 g/mol. The minimum Gasteiger partial charge on any atom is -0.298 e. The van der Waals surface area contributed by atoms with Gasteiger partial charge in [0.2, 0.25) is 0 Å². The summed E-state index contributed by atoms with van der Waals surface area (Å²) in [6.45, 7) is 0. The van der Waals surface area contributed by atoms with Crippen LogP contribution in [0.1, 0.15) is 15.9 Å². The van der Waals surface area contributed by atoms with E-state index in [-0.39, 0.29) is 16.8 Å². The number of rotatable bonds is 2. The molecule has 0 bridgehead atoms. The first-order valence-corrected chi connectivity index (χ1v) is 5.08. The molecule has 1 aromatic heterocycles. The van der Waals surface area contributed by atoms with Crippen LogP contribution in [0.4, 0.5) is 13.2 Å². The molecule has 0 atom stereocenters. The van der Waals surface area contributed by atoms with Crippen molar-refractivity contribution in [3.63, 3.8) is 0 Å². The summed E-state index contributed by atoms with van der Waals surface area (Å²) >= 11 is 0. The zero-order valence-corrected chi connectivity index (χ0v) is 9.40. The van der Waals surface area contributed by atoms with Gasteiger partial charge in [0, 0.05) is 18.8 Å². The van der Waals surface area contributed by atoms with Crippen LogP contribution < -0.4 is 0 Å². The molecule has 2 aromatic rings. The third kappa shape index (κ3) is 2.27. The maximum atomic E-state index is 12.6. The van der Waals surface area contributed by atoms with E-state index < -0.39 is 11.7 Å². The van der Waals surface area contributed by atoms with Crippen LogP contribution in [0.15, 0.2) is 30.5 Å². The zero-order chi connectivity index (χ0) is 13.3. The van der Waals surface area contributed by atoms with Crippen LogP contribution >= 0.6 is 0 Å². The van der Waals surface area contributed by atoms with Crippen molar-refractivity contribution in [1.82, 2.24) is 9.78 Å². The average Bonchev–Trinajstić information content (AvgIpc) is 2.69. The standard InChI is InChI=1S/C12H9F3N2O/c1-17-6-9(7-18)11(16-17)8-3-2-4-10(5-8)12(13,14)15/h2-7H,1H3. The van der Waals surface area contributed by atoms with Crippen LogP contribution in [0.2, 0.25) is 0 Å². The molecule has 0 spiro atoms. The number of nitrogens with zero attached hydrogens (tertiary/aromatic N) is 2. The number of aryl methyl sites for hydroxylation is 1. The van der Waals surface area contributed by atoms with Gasteiger partial charge in [-0.2, -0.15) is 18.3 Å². The van der Waals surface area contributed by atoms with Gasteiger partial charge in [-0.15, -0.1) is 0 Å². The van der Waals surface area contributed by atoms with E-state index in [4.69, 9.17) is 0 Å². The number of hydrogen-bond donors (Lipinski definition) is 0. The molecule has 0 aliphatic heterocycles. The monoisotopic (exact) mass is 254 g/mol. The normalized spacial score (nSPS) is 11.6. The molecule has 0 saturated carbocycles. The van der Waals surface area contributed by atoms with E-state index in [1.807, 2.05) is 0 Å². The van der Waals surface area contributed by atoms with Crippen LogP contribution in [0.3, 0.4) is 0 Å². The molecular formula is C12H9F3N2O. The first-order chi connectivity index (χ1) is 8.41. The SMILES string of the molecule is Cn1cc(C=O)c(-c2cccc(C(F)(F)F)c2)n1. The number of hydrogen-bond acceptors (Lipinski definition) is 2. The van der Waals surface area contributed by atoms with Gasteiger partial charge in [0.05, 0.1) is 11.1 Å². The summed E-state index contributed by atoms with van der Waals surface area (Å²) < 4.78 is 39.1. The highest BCUT2D eigenvalue weighted by molar-refractivity contribution is 5.85. The molecule has 0 fully saturated rings. The molecule has 6 heteroatoms. The van der Waals surface area contributed by atoms with Crippen LogP contribution in [0, 0.1) is 0 Å². The second-order valence-corrected chi connectivity index (χ2v) is 3.80. The Morgan fingerprint density at radius 1 is 1.33 bits per heavy atom. The number of benzene rings is 1. The van der Waals surface area contributed by atoms with Crippen LogP contribution in [-0.4, -0.2) is 16.1 Å². The highest BCUT2D eigenvalue weighted by atomic mass is 19.4. The molecule has 0 aliphatic carbocycles. The van der Waals surface area contributed by atoms with Crippen molar-refractivity contribution in [2.24, 2.45) is 7.05 Å². The minimum atomic E-state index is -4.41. The lowest BCUT2D eigenvalue weighted by atomic mass is 10.1. The lowest BCUT2D eigenvalue weighted by Crippen LogP contribution is -2.04. The Labute approximate surface area is 101 Å². The van der Waals surface area contributed by atoms with Crippen molar-refractivity contribution in [2.45, 2.75) is 6.18 Å². The fourth-order valence-electron chi connectivity index (χ4n) is 1.66. The zero-order valence-electron chi connectivity index (χ0n) is 9.40. The average molecular weight is 254 g/mol. The van der Waals surface area contributed by atoms with Gasteiger partial charge in [0.1, 0.15) is 5.69 Å². The van der Waals surface area contributed by atoms with E-state index in [9.17, 15) is 18.0 Å². The number of carbonyl (C=O) groups excluding carboxylic acids is 1. The summed E-state index contributed by atoms with van der Waals surface area (Å²) in [4.78, 5) is 10.8. The molecule has 18 heavy (non-hydrogen) atoms.